The van der Waals surface area contributed by atoms with Crippen molar-refractivity contribution in [1.82, 2.24) is 14.7 Å². The topological polar surface area (TPSA) is 78.0 Å². The minimum absolute atomic E-state index is 0.00185. The van der Waals surface area contributed by atoms with Crippen LogP contribution in [0.2, 0.25) is 0 Å². The van der Waals surface area contributed by atoms with Crippen LogP contribution in [0.1, 0.15) is 24.4 Å². The third-order valence-corrected chi connectivity index (χ3v) is 8.15. The van der Waals surface area contributed by atoms with E-state index in [2.05, 4.69) is 4.90 Å². The maximum Gasteiger partial charge on any atom is 0.228 e. The summed E-state index contributed by atoms with van der Waals surface area (Å²) >= 11 is 0. The lowest BCUT2D eigenvalue weighted by atomic mass is 9.92. The first-order chi connectivity index (χ1) is 13.4. The number of piperazine rings is 1. The predicted octanol–water partition coefficient (Wildman–Crippen LogP) is 0.537. The monoisotopic (exact) mass is 405 g/mol. The van der Waals surface area contributed by atoms with Gasteiger partial charge in [-0.3, -0.25) is 14.5 Å². The normalized spacial score (nSPS) is 30.8. The van der Waals surface area contributed by atoms with Crippen LogP contribution in [0.4, 0.5) is 0 Å². The molecule has 3 aliphatic rings. The zero-order chi connectivity index (χ0) is 19.9. The summed E-state index contributed by atoms with van der Waals surface area (Å²) in [6.07, 6.45) is 0.935. The van der Waals surface area contributed by atoms with E-state index in [1.165, 1.54) is 0 Å². The summed E-state index contributed by atoms with van der Waals surface area (Å²) in [5.74, 6) is 0.177. The van der Waals surface area contributed by atoms with Crippen LogP contribution in [-0.2, 0) is 19.4 Å². The molecule has 0 N–H and O–H groups in total. The molecule has 0 saturated carbocycles. The molecule has 0 aliphatic carbocycles. The molecule has 0 bridgehead atoms. The van der Waals surface area contributed by atoms with Gasteiger partial charge in [0.1, 0.15) is 0 Å². The number of hydrogen-bond donors (Lipinski definition) is 0. The van der Waals surface area contributed by atoms with Gasteiger partial charge in [-0.1, -0.05) is 30.3 Å². The second kappa shape index (κ2) is 7.48. The number of benzene rings is 1. The first-order valence-electron chi connectivity index (χ1n) is 9.89. The van der Waals surface area contributed by atoms with Crippen LogP contribution in [0.25, 0.3) is 0 Å². The van der Waals surface area contributed by atoms with Gasteiger partial charge in [-0.25, -0.2) is 8.42 Å². The highest BCUT2D eigenvalue weighted by atomic mass is 32.2. The molecular formula is C20H27N3O4S. The quantitative estimate of drug-likeness (QED) is 0.733. The molecule has 4 rings (SSSR count). The molecule has 28 heavy (non-hydrogen) atoms. The fraction of sp³-hybridized carbons (Fsp3) is 0.600. The zero-order valence-electron chi connectivity index (χ0n) is 16.2. The van der Waals surface area contributed by atoms with Crippen LogP contribution < -0.4 is 0 Å². The largest absolute Gasteiger partial charge is 0.340 e. The smallest absolute Gasteiger partial charge is 0.228 e. The van der Waals surface area contributed by atoms with Crippen LogP contribution >= 0.6 is 0 Å². The van der Waals surface area contributed by atoms with Crippen molar-refractivity contribution >= 4 is 21.7 Å². The van der Waals surface area contributed by atoms with Gasteiger partial charge in [0.2, 0.25) is 11.8 Å². The summed E-state index contributed by atoms with van der Waals surface area (Å²) in [6.45, 7) is 2.56. The van der Waals surface area contributed by atoms with Crippen LogP contribution in [0.5, 0.6) is 0 Å². The minimum atomic E-state index is -2.90. The fourth-order valence-electron chi connectivity index (χ4n) is 4.80. The molecule has 0 aromatic heterocycles. The molecule has 2 amide bonds. The molecule has 0 radical (unpaired) electrons. The third kappa shape index (κ3) is 3.67. The van der Waals surface area contributed by atoms with Gasteiger partial charge in [-0.2, -0.15) is 0 Å². The van der Waals surface area contributed by atoms with Crippen molar-refractivity contribution in [3.8, 4) is 0 Å². The first kappa shape index (κ1) is 19.4. The lowest BCUT2D eigenvalue weighted by Gasteiger charge is -2.39. The van der Waals surface area contributed by atoms with Crippen molar-refractivity contribution in [2.75, 3.05) is 44.7 Å². The van der Waals surface area contributed by atoms with Gasteiger partial charge in [0.15, 0.2) is 9.84 Å². The molecule has 3 heterocycles. The van der Waals surface area contributed by atoms with Gasteiger partial charge in [-0.05, 0) is 12.0 Å². The molecule has 0 unspecified atom stereocenters. The third-order valence-electron chi connectivity index (χ3n) is 6.40. The second-order valence-electron chi connectivity index (χ2n) is 8.09. The van der Waals surface area contributed by atoms with Gasteiger partial charge < -0.3 is 9.80 Å². The Kier molecular flexibility index (Phi) is 5.18. The fourth-order valence-corrected chi connectivity index (χ4v) is 6.56. The Hall–Kier alpha value is -1.93. The van der Waals surface area contributed by atoms with E-state index in [-0.39, 0.29) is 47.7 Å². The summed E-state index contributed by atoms with van der Waals surface area (Å²) in [5, 5.41) is 0. The number of amides is 2. The highest BCUT2D eigenvalue weighted by molar-refractivity contribution is 7.91. The summed E-state index contributed by atoms with van der Waals surface area (Å²) in [4.78, 5) is 31.3. The van der Waals surface area contributed by atoms with Crippen molar-refractivity contribution in [2.24, 2.45) is 5.92 Å². The highest BCUT2D eigenvalue weighted by Gasteiger charge is 2.45. The summed E-state index contributed by atoms with van der Waals surface area (Å²) in [7, 11) is -1.13. The molecule has 3 fully saturated rings. The number of carbonyl (C=O) groups excluding carboxylic acids is 2. The molecule has 3 saturated heterocycles. The number of carbonyl (C=O) groups is 2. The standard InChI is InChI=1S/C20H27N3O4S/c1-21-18(24)13-17(19(21)15-5-3-2-4-6-15)20(25)23-10-8-22(9-11-23)16-7-12-28(26,27)14-16/h2-6,16-17,19H,7-14H2,1H3/t16-,17+,19-/m1/s1. The zero-order valence-corrected chi connectivity index (χ0v) is 17.0. The van der Waals surface area contributed by atoms with E-state index in [1.807, 2.05) is 35.2 Å². The van der Waals surface area contributed by atoms with Crippen LogP contribution in [0, 0.1) is 5.92 Å². The van der Waals surface area contributed by atoms with Crippen LogP contribution in [-0.4, -0.2) is 85.7 Å². The second-order valence-corrected chi connectivity index (χ2v) is 10.3. The number of rotatable bonds is 3. The average Bonchev–Trinajstić information content (AvgIpc) is 3.21. The number of sulfone groups is 1. The molecular weight excluding hydrogens is 378 g/mol. The van der Waals surface area contributed by atoms with Crippen LogP contribution in [0.3, 0.4) is 0 Å². The van der Waals surface area contributed by atoms with Gasteiger partial charge >= 0.3 is 0 Å². The maximum atomic E-state index is 13.2. The number of hydrogen-bond acceptors (Lipinski definition) is 5. The van der Waals surface area contributed by atoms with E-state index in [1.54, 1.807) is 11.9 Å². The highest BCUT2D eigenvalue weighted by Crippen LogP contribution is 2.38. The molecule has 1 aromatic carbocycles. The molecule has 3 aliphatic heterocycles. The molecule has 1 aromatic rings. The van der Waals surface area contributed by atoms with Crippen LogP contribution in [0.15, 0.2) is 30.3 Å². The van der Waals surface area contributed by atoms with Crippen molar-refractivity contribution in [3.63, 3.8) is 0 Å². The van der Waals surface area contributed by atoms with Gasteiger partial charge in [0.05, 0.1) is 23.5 Å². The lowest BCUT2D eigenvalue weighted by Crippen LogP contribution is -2.53. The van der Waals surface area contributed by atoms with Gasteiger partial charge in [0.25, 0.3) is 0 Å². The van der Waals surface area contributed by atoms with E-state index in [9.17, 15) is 18.0 Å². The Morgan fingerprint density at radius 2 is 1.75 bits per heavy atom. The van der Waals surface area contributed by atoms with E-state index in [4.69, 9.17) is 0 Å². The Morgan fingerprint density at radius 3 is 2.36 bits per heavy atom. The van der Waals surface area contributed by atoms with E-state index in [0.29, 0.717) is 32.6 Å². The maximum absolute atomic E-state index is 13.2. The Morgan fingerprint density at radius 1 is 1.07 bits per heavy atom. The van der Waals surface area contributed by atoms with Crippen molar-refractivity contribution in [1.29, 1.82) is 0 Å². The summed E-state index contributed by atoms with van der Waals surface area (Å²) in [6, 6.07) is 9.60. The Balaban J connectivity index is 1.42. The van der Waals surface area contributed by atoms with Crippen molar-refractivity contribution < 1.29 is 18.0 Å². The lowest BCUT2D eigenvalue weighted by molar-refractivity contribution is -0.138. The SMILES string of the molecule is CN1C(=O)C[C@H](C(=O)N2CCN([C@@H]3CCS(=O)(=O)C3)CC2)[C@H]1c1ccccc1. The number of nitrogens with zero attached hydrogens (tertiary/aromatic N) is 3. The Labute approximate surface area is 166 Å². The average molecular weight is 406 g/mol. The van der Waals surface area contributed by atoms with Gasteiger partial charge in [0, 0.05) is 45.7 Å². The van der Waals surface area contributed by atoms with E-state index < -0.39 is 9.84 Å². The van der Waals surface area contributed by atoms with Crippen molar-refractivity contribution in [3.05, 3.63) is 35.9 Å². The Bertz CT molecular complexity index is 849. The number of likely N-dealkylation sites (tertiary alicyclic amines) is 1. The van der Waals surface area contributed by atoms with Gasteiger partial charge in [-0.15, -0.1) is 0 Å². The van der Waals surface area contributed by atoms with Crippen molar-refractivity contribution in [2.45, 2.75) is 24.9 Å². The summed E-state index contributed by atoms with van der Waals surface area (Å²) in [5.41, 5.74) is 0.990. The predicted molar refractivity (Wildman–Crippen MR) is 105 cm³/mol. The van der Waals surface area contributed by atoms with E-state index >= 15 is 0 Å². The molecule has 7 nitrogen and oxygen atoms in total. The molecule has 0 spiro atoms. The molecule has 8 heteroatoms. The minimum Gasteiger partial charge on any atom is -0.340 e. The molecule has 3 atom stereocenters. The first-order valence-corrected chi connectivity index (χ1v) is 11.7. The molecule has 152 valence electrons. The van der Waals surface area contributed by atoms with E-state index in [0.717, 1.165) is 5.56 Å². The summed E-state index contributed by atoms with van der Waals surface area (Å²) < 4.78 is 23.5.